The van der Waals surface area contributed by atoms with Crippen molar-refractivity contribution in [2.24, 2.45) is 5.92 Å². The van der Waals surface area contributed by atoms with E-state index in [9.17, 15) is 17.2 Å². The third-order valence-electron chi connectivity index (χ3n) is 4.75. The second-order valence-electron chi connectivity index (χ2n) is 6.67. The van der Waals surface area contributed by atoms with Gasteiger partial charge in [-0.3, -0.25) is 0 Å². The number of aromatic nitrogens is 2. The topological polar surface area (TPSA) is 97.1 Å². The Balaban J connectivity index is 1.51. The lowest BCUT2D eigenvalue weighted by Gasteiger charge is -2.28. The zero-order chi connectivity index (χ0) is 19.4. The monoisotopic (exact) mass is 400 g/mol. The van der Waals surface area contributed by atoms with Crippen LogP contribution in [0.4, 0.5) is 14.8 Å². The second-order valence-corrected chi connectivity index (χ2v) is 8.76. The van der Waals surface area contributed by atoms with Crippen LogP contribution in [0.25, 0.3) is 11.4 Å². The molecule has 1 heterocycles. The maximum absolute atomic E-state index is 13.3. The molecule has 27 heavy (non-hydrogen) atoms. The average molecular weight is 400 g/mol. The van der Waals surface area contributed by atoms with Gasteiger partial charge in [0.2, 0.25) is 15.8 Å². The fraction of sp³-hybridized carbons (Fsp3) is 0.529. The van der Waals surface area contributed by atoms with Gasteiger partial charge in [-0.1, -0.05) is 5.16 Å². The highest BCUT2D eigenvalue weighted by Crippen LogP contribution is 2.27. The van der Waals surface area contributed by atoms with Gasteiger partial charge in [0.1, 0.15) is 0 Å². The van der Waals surface area contributed by atoms with Crippen molar-refractivity contribution >= 4 is 16.0 Å². The van der Waals surface area contributed by atoms with Crippen molar-refractivity contribution in [3.63, 3.8) is 0 Å². The number of benzene rings is 1. The number of hydrogen-bond donors (Lipinski definition) is 2. The molecule has 10 heteroatoms. The molecule has 0 unspecified atom stereocenters. The molecule has 1 aromatic carbocycles. The van der Waals surface area contributed by atoms with Crippen molar-refractivity contribution in [1.82, 2.24) is 14.9 Å². The molecule has 0 aliphatic heterocycles. The van der Waals surface area contributed by atoms with E-state index in [1.54, 1.807) is 6.92 Å². The first-order chi connectivity index (χ1) is 12.9. The van der Waals surface area contributed by atoms with Crippen LogP contribution in [0.5, 0.6) is 0 Å². The summed E-state index contributed by atoms with van der Waals surface area (Å²) < 4.78 is 57.1. The van der Waals surface area contributed by atoms with Crippen molar-refractivity contribution < 1.29 is 21.7 Å². The van der Waals surface area contributed by atoms with E-state index < -0.39 is 21.7 Å². The van der Waals surface area contributed by atoms with Crippen molar-refractivity contribution in [2.45, 2.75) is 38.6 Å². The molecule has 2 N–H and O–H groups in total. The first kappa shape index (κ1) is 19.7. The summed E-state index contributed by atoms with van der Waals surface area (Å²) in [7, 11) is -3.16. The number of anilines is 1. The minimum atomic E-state index is -3.16. The normalized spacial score (nSPS) is 20.6. The molecule has 0 atom stereocenters. The van der Waals surface area contributed by atoms with E-state index >= 15 is 0 Å². The maximum atomic E-state index is 13.3. The van der Waals surface area contributed by atoms with Crippen LogP contribution in [0.1, 0.15) is 32.6 Å². The molecule has 0 amide bonds. The standard InChI is InChI=1S/C17H22F2N4O3S/c1-2-27(24,25)20-10-11-3-6-13(7-4-11)21-17-22-16(23-26-17)12-5-8-14(18)15(19)9-12/h5,8-9,11,13,20H,2-4,6-7,10H2,1H3,(H,21,22,23)/t11-,13-. The highest BCUT2D eigenvalue weighted by Gasteiger charge is 2.23. The lowest BCUT2D eigenvalue weighted by Crippen LogP contribution is -2.34. The molecule has 0 saturated heterocycles. The summed E-state index contributed by atoms with van der Waals surface area (Å²) in [5.41, 5.74) is 0.331. The predicted octanol–water partition coefficient (Wildman–Crippen LogP) is 2.92. The largest absolute Gasteiger partial charge is 0.335 e. The lowest BCUT2D eigenvalue weighted by atomic mass is 9.86. The molecule has 1 aliphatic carbocycles. The van der Waals surface area contributed by atoms with Crippen molar-refractivity contribution in [2.75, 3.05) is 17.6 Å². The quantitative estimate of drug-likeness (QED) is 0.742. The minimum absolute atomic E-state index is 0.0847. The zero-order valence-corrected chi connectivity index (χ0v) is 15.7. The SMILES string of the molecule is CCS(=O)(=O)NC[C@H]1CC[C@H](Nc2nc(-c3ccc(F)c(F)c3)no2)CC1. The van der Waals surface area contributed by atoms with Crippen LogP contribution in [-0.2, 0) is 10.0 Å². The Morgan fingerprint density at radius 1 is 1.19 bits per heavy atom. The molecule has 0 bridgehead atoms. The number of halogens is 2. The van der Waals surface area contributed by atoms with E-state index in [0.717, 1.165) is 37.8 Å². The summed E-state index contributed by atoms with van der Waals surface area (Å²) in [6, 6.07) is 3.79. The van der Waals surface area contributed by atoms with Crippen LogP contribution in [0.15, 0.2) is 22.7 Å². The van der Waals surface area contributed by atoms with Crippen LogP contribution in [0.3, 0.4) is 0 Å². The van der Waals surface area contributed by atoms with Gasteiger partial charge in [-0.2, -0.15) is 4.98 Å². The zero-order valence-electron chi connectivity index (χ0n) is 14.9. The molecule has 3 rings (SSSR count). The Hall–Kier alpha value is -2.07. The molecule has 1 aromatic heterocycles. The number of sulfonamides is 1. The van der Waals surface area contributed by atoms with Crippen molar-refractivity contribution in [3.8, 4) is 11.4 Å². The number of nitrogens with one attached hydrogen (secondary N) is 2. The van der Waals surface area contributed by atoms with Crippen LogP contribution < -0.4 is 10.0 Å². The third-order valence-corrected chi connectivity index (χ3v) is 6.12. The van der Waals surface area contributed by atoms with Gasteiger partial charge in [0.15, 0.2) is 11.6 Å². The van der Waals surface area contributed by atoms with Gasteiger partial charge in [0.25, 0.3) is 0 Å². The van der Waals surface area contributed by atoms with Gasteiger partial charge < -0.3 is 9.84 Å². The van der Waals surface area contributed by atoms with Crippen LogP contribution in [0.2, 0.25) is 0 Å². The van der Waals surface area contributed by atoms with E-state index in [0.29, 0.717) is 18.0 Å². The smallest absolute Gasteiger partial charge is 0.322 e. The van der Waals surface area contributed by atoms with Crippen LogP contribution in [0, 0.1) is 17.6 Å². The second kappa shape index (κ2) is 8.30. The Labute approximate surface area is 156 Å². The van der Waals surface area contributed by atoms with Gasteiger partial charge >= 0.3 is 6.01 Å². The number of rotatable bonds is 7. The van der Waals surface area contributed by atoms with Gasteiger partial charge in [0, 0.05) is 18.2 Å². The molecule has 0 radical (unpaired) electrons. The van der Waals surface area contributed by atoms with E-state index in [2.05, 4.69) is 20.2 Å². The summed E-state index contributed by atoms with van der Waals surface area (Å²) in [6.45, 7) is 2.08. The summed E-state index contributed by atoms with van der Waals surface area (Å²) in [6.07, 6.45) is 3.46. The molecule has 1 saturated carbocycles. The Bertz CT molecular complexity index is 880. The van der Waals surface area contributed by atoms with Crippen LogP contribution >= 0.6 is 0 Å². The molecule has 1 aliphatic rings. The molecular weight excluding hydrogens is 378 g/mol. The molecule has 148 valence electrons. The Morgan fingerprint density at radius 2 is 1.93 bits per heavy atom. The van der Waals surface area contributed by atoms with Gasteiger partial charge in [-0.05, 0) is 56.7 Å². The van der Waals surface area contributed by atoms with Gasteiger partial charge in [0.05, 0.1) is 5.75 Å². The lowest BCUT2D eigenvalue weighted by molar-refractivity contribution is 0.330. The molecular formula is C17H22F2N4O3S. The predicted molar refractivity (Wildman–Crippen MR) is 96.5 cm³/mol. The summed E-state index contributed by atoms with van der Waals surface area (Å²) >= 11 is 0. The summed E-state index contributed by atoms with van der Waals surface area (Å²) in [5, 5.41) is 6.94. The first-order valence-corrected chi connectivity index (χ1v) is 10.5. The minimum Gasteiger partial charge on any atom is -0.335 e. The molecule has 7 nitrogen and oxygen atoms in total. The van der Waals surface area contributed by atoms with E-state index in [1.165, 1.54) is 6.07 Å². The van der Waals surface area contributed by atoms with E-state index in [1.807, 2.05) is 0 Å². The van der Waals surface area contributed by atoms with E-state index in [4.69, 9.17) is 4.52 Å². The fourth-order valence-electron chi connectivity index (χ4n) is 3.07. The number of hydrogen-bond acceptors (Lipinski definition) is 6. The average Bonchev–Trinajstić information content (AvgIpc) is 3.12. The van der Waals surface area contributed by atoms with Crippen molar-refractivity contribution in [1.29, 1.82) is 0 Å². The maximum Gasteiger partial charge on any atom is 0.322 e. The Kier molecular flexibility index (Phi) is 6.05. The summed E-state index contributed by atoms with van der Waals surface area (Å²) in [4.78, 5) is 4.17. The third kappa shape index (κ3) is 5.23. The number of nitrogens with zero attached hydrogens (tertiary/aromatic N) is 2. The molecule has 1 fully saturated rings. The Morgan fingerprint density at radius 3 is 2.59 bits per heavy atom. The van der Waals surface area contributed by atoms with Gasteiger partial charge in [-0.15, -0.1) is 0 Å². The molecule has 2 aromatic rings. The first-order valence-electron chi connectivity index (χ1n) is 8.89. The van der Waals surface area contributed by atoms with Crippen molar-refractivity contribution in [3.05, 3.63) is 29.8 Å². The van der Waals surface area contributed by atoms with Crippen LogP contribution in [-0.4, -0.2) is 36.9 Å². The van der Waals surface area contributed by atoms with E-state index in [-0.39, 0.29) is 23.6 Å². The highest BCUT2D eigenvalue weighted by molar-refractivity contribution is 7.89. The fourth-order valence-corrected chi connectivity index (χ4v) is 3.76. The summed E-state index contributed by atoms with van der Waals surface area (Å²) in [5.74, 6) is -1.33. The molecule has 0 spiro atoms. The van der Waals surface area contributed by atoms with Gasteiger partial charge in [-0.25, -0.2) is 21.9 Å². The highest BCUT2D eigenvalue weighted by atomic mass is 32.2.